The summed E-state index contributed by atoms with van der Waals surface area (Å²) in [6.45, 7) is 11.6. The highest BCUT2D eigenvalue weighted by atomic mass is 35.5. The van der Waals surface area contributed by atoms with Gasteiger partial charge in [0.2, 0.25) is 0 Å². The number of aryl methyl sites for hydroxylation is 2. The van der Waals surface area contributed by atoms with E-state index in [4.69, 9.17) is 11.6 Å². The Balaban J connectivity index is 2.17. The van der Waals surface area contributed by atoms with Crippen molar-refractivity contribution in [3.63, 3.8) is 0 Å². The first-order valence-corrected chi connectivity index (χ1v) is 7.90. The molecule has 21 heavy (non-hydrogen) atoms. The predicted octanol–water partition coefficient (Wildman–Crippen LogP) is 2.92. The zero-order valence-corrected chi connectivity index (χ0v) is 14.0. The van der Waals surface area contributed by atoms with Crippen molar-refractivity contribution in [3.8, 4) is 0 Å². The highest BCUT2D eigenvalue weighted by Crippen LogP contribution is 2.22. The van der Waals surface area contributed by atoms with Crippen molar-refractivity contribution in [1.82, 2.24) is 24.9 Å². The Morgan fingerprint density at radius 2 is 2.00 bits per heavy atom. The average molecular weight is 310 g/mol. The van der Waals surface area contributed by atoms with Crippen LogP contribution in [-0.4, -0.2) is 26.1 Å². The highest BCUT2D eigenvalue weighted by Gasteiger charge is 2.15. The molecule has 0 aliphatic rings. The highest BCUT2D eigenvalue weighted by molar-refractivity contribution is 6.31. The summed E-state index contributed by atoms with van der Waals surface area (Å²) in [6, 6.07) is 0. The van der Waals surface area contributed by atoms with Gasteiger partial charge in [0, 0.05) is 24.3 Å². The summed E-state index contributed by atoms with van der Waals surface area (Å²) in [5, 5.41) is 13.1. The van der Waals surface area contributed by atoms with Gasteiger partial charge in [-0.15, -0.1) is 0 Å². The van der Waals surface area contributed by atoms with Crippen LogP contribution in [0.2, 0.25) is 5.02 Å². The summed E-state index contributed by atoms with van der Waals surface area (Å²) in [7, 11) is 0. The molecule has 0 atom stereocenters. The Kier molecular flexibility index (Phi) is 5.42. The molecule has 2 aromatic heterocycles. The average Bonchev–Trinajstić information content (AvgIpc) is 2.95. The monoisotopic (exact) mass is 309 g/mol. The van der Waals surface area contributed by atoms with Crippen molar-refractivity contribution in [3.05, 3.63) is 33.9 Å². The predicted molar refractivity (Wildman–Crippen MR) is 85.7 cm³/mol. The number of halogens is 1. The van der Waals surface area contributed by atoms with Crippen LogP contribution < -0.4 is 5.32 Å². The van der Waals surface area contributed by atoms with E-state index in [9.17, 15) is 0 Å². The van der Waals surface area contributed by atoms with Crippen molar-refractivity contribution in [2.24, 2.45) is 0 Å². The molecule has 1 N–H and O–H groups in total. The molecule has 0 bridgehead atoms. The van der Waals surface area contributed by atoms with E-state index in [0.717, 1.165) is 42.5 Å². The summed E-state index contributed by atoms with van der Waals surface area (Å²) in [5.74, 6) is 0. The third kappa shape index (κ3) is 3.47. The van der Waals surface area contributed by atoms with Crippen molar-refractivity contribution in [2.45, 2.75) is 53.8 Å². The van der Waals surface area contributed by atoms with Gasteiger partial charge in [-0.1, -0.05) is 18.5 Å². The van der Waals surface area contributed by atoms with Crippen LogP contribution in [0.3, 0.4) is 0 Å². The van der Waals surface area contributed by atoms with Crippen LogP contribution >= 0.6 is 11.6 Å². The van der Waals surface area contributed by atoms with E-state index in [-0.39, 0.29) is 0 Å². The molecule has 0 aliphatic carbocycles. The van der Waals surface area contributed by atoms with Gasteiger partial charge in [0.15, 0.2) is 0 Å². The summed E-state index contributed by atoms with van der Waals surface area (Å²) in [4.78, 5) is 0. The maximum absolute atomic E-state index is 6.37. The topological polar surface area (TPSA) is 47.7 Å². The third-order valence-electron chi connectivity index (χ3n) is 3.70. The molecule has 5 nitrogen and oxygen atoms in total. The molecule has 2 rings (SSSR count). The van der Waals surface area contributed by atoms with E-state index >= 15 is 0 Å². The van der Waals surface area contributed by atoms with Crippen LogP contribution in [0.25, 0.3) is 0 Å². The minimum atomic E-state index is 0.660. The van der Waals surface area contributed by atoms with Crippen LogP contribution in [0.5, 0.6) is 0 Å². The molecule has 2 heterocycles. The van der Waals surface area contributed by atoms with Gasteiger partial charge in [-0.05, 0) is 33.7 Å². The van der Waals surface area contributed by atoms with Crippen LogP contribution in [0, 0.1) is 13.8 Å². The number of nitrogens with one attached hydrogen (secondary N) is 1. The maximum Gasteiger partial charge on any atom is 0.0866 e. The van der Waals surface area contributed by atoms with Crippen LogP contribution in [0.4, 0.5) is 0 Å². The van der Waals surface area contributed by atoms with E-state index in [1.165, 1.54) is 11.3 Å². The molecule has 0 aliphatic heterocycles. The first-order chi connectivity index (χ1) is 10.1. The Morgan fingerprint density at radius 3 is 2.67 bits per heavy atom. The van der Waals surface area contributed by atoms with E-state index in [2.05, 4.69) is 36.3 Å². The fourth-order valence-electron chi connectivity index (χ4n) is 2.38. The van der Waals surface area contributed by atoms with Crippen LogP contribution in [0.1, 0.15) is 42.9 Å². The Morgan fingerprint density at radius 1 is 1.24 bits per heavy atom. The number of nitrogens with zero attached hydrogens (tertiary/aromatic N) is 4. The summed E-state index contributed by atoms with van der Waals surface area (Å²) < 4.78 is 3.95. The second-order valence-corrected chi connectivity index (χ2v) is 5.63. The van der Waals surface area contributed by atoms with Gasteiger partial charge in [0.05, 0.1) is 29.2 Å². The fraction of sp³-hybridized carbons (Fsp3) is 0.600. The second-order valence-electron chi connectivity index (χ2n) is 5.25. The van der Waals surface area contributed by atoms with Gasteiger partial charge < -0.3 is 5.32 Å². The van der Waals surface area contributed by atoms with E-state index < -0.39 is 0 Å². The lowest BCUT2D eigenvalue weighted by Gasteiger charge is -2.08. The van der Waals surface area contributed by atoms with Gasteiger partial charge in [-0.25, -0.2) is 0 Å². The fourth-order valence-corrected chi connectivity index (χ4v) is 2.58. The lowest BCUT2D eigenvalue weighted by Crippen LogP contribution is -2.15. The van der Waals surface area contributed by atoms with Gasteiger partial charge in [0.25, 0.3) is 0 Å². The quantitative estimate of drug-likeness (QED) is 0.800. The lowest BCUT2D eigenvalue weighted by molar-refractivity contribution is 0.567. The molecule has 0 saturated heterocycles. The molecule has 0 spiro atoms. The first kappa shape index (κ1) is 16.0. The normalized spacial score (nSPS) is 11.3. The molecule has 2 aromatic rings. The van der Waals surface area contributed by atoms with Crippen molar-refractivity contribution < 1.29 is 0 Å². The molecule has 0 saturated carbocycles. The number of hydrogen-bond donors (Lipinski definition) is 1. The van der Waals surface area contributed by atoms with Gasteiger partial charge in [-0.2, -0.15) is 10.2 Å². The van der Waals surface area contributed by atoms with E-state index in [1.807, 2.05) is 22.5 Å². The van der Waals surface area contributed by atoms with Crippen molar-refractivity contribution in [2.75, 3.05) is 6.54 Å². The zero-order chi connectivity index (χ0) is 15.4. The standard InChI is InChI=1S/C15H24ClN5/c1-5-7-17-8-13-9-18-21(12(13)4)10-14-15(16)11(3)19-20(14)6-2/h9,17H,5-8,10H2,1-4H3. The molecular weight excluding hydrogens is 286 g/mol. The van der Waals surface area contributed by atoms with Crippen LogP contribution in [0.15, 0.2) is 6.20 Å². The Labute approximate surface area is 131 Å². The molecule has 6 heteroatoms. The Hall–Kier alpha value is -1.33. The third-order valence-corrected chi connectivity index (χ3v) is 4.19. The Bertz CT molecular complexity index is 599. The van der Waals surface area contributed by atoms with E-state index in [0.29, 0.717) is 6.54 Å². The largest absolute Gasteiger partial charge is 0.313 e. The minimum Gasteiger partial charge on any atom is -0.313 e. The molecule has 0 radical (unpaired) electrons. The van der Waals surface area contributed by atoms with Crippen molar-refractivity contribution >= 4 is 11.6 Å². The minimum absolute atomic E-state index is 0.660. The number of rotatable bonds is 7. The molecule has 0 amide bonds. The van der Waals surface area contributed by atoms with Gasteiger partial charge in [-0.3, -0.25) is 9.36 Å². The van der Waals surface area contributed by atoms with Crippen molar-refractivity contribution in [1.29, 1.82) is 0 Å². The van der Waals surface area contributed by atoms with Crippen LogP contribution in [-0.2, 0) is 19.6 Å². The maximum atomic E-state index is 6.37. The number of aromatic nitrogens is 4. The molecular formula is C15H24ClN5. The van der Waals surface area contributed by atoms with E-state index in [1.54, 1.807) is 0 Å². The van der Waals surface area contributed by atoms with Gasteiger partial charge in [0.1, 0.15) is 0 Å². The number of hydrogen-bond acceptors (Lipinski definition) is 3. The molecule has 0 aromatic carbocycles. The molecule has 0 unspecified atom stereocenters. The van der Waals surface area contributed by atoms with Gasteiger partial charge >= 0.3 is 0 Å². The molecule has 116 valence electrons. The summed E-state index contributed by atoms with van der Waals surface area (Å²) in [5.41, 5.74) is 4.31. The molecule has 0 fully saturated rings. The second kappa shape index (κ2) is 7.09. The smallest absolute Gasteiger partial charge is 0.0866 e. The summed E-state index contributed by atoms with van der Waals surface area (Å²) in [6.07, 6.45) is 3.07. The summed E-state index contributed by atoms with van der Waals surface area (Å²) >= 11 is 6.37. The lowest BCUT2D eigenvalue weighted by atomic mass is 10.2. The zero-order valence-electron chi connectivity index (χ0n) is 13.3. The SMILES string of the molecule is CCCNCc1cnn(Cc2c(Cl)c(C)nn2CC)c1C. The first-order valence-electron chi connectivity index (χ1n) is 7.52.